The predicted molar refractivity (Wildman–Crippen MR) is 98.5 cm³/mol. The summed E-state index contributed by atoms with van der Waals surface area (Å²) in [5.74, 6) is 0. The largest absolute Gasteiger partial charge is 0.328 e. The lowest BCUT2D eigenvalue weighted by molar-refractivity contribution is -0.918. The number of aryl methyl sites for hydroxylation is 3. The maximum absolute atomic E-state index is 4.64. The molecule has 1 aliphatic rings. The molecule has 0 spiro atoms. The van der Waals surface area contributed by atoms with Crippen LogP contribution >= 0.6 is 11.3 Å². The summed E-state index contributed by atoms with van der Waals surface area (Å²) >= 11 is 1.80. The van der Waals surface area contributed by atoms with Crippen molar-refractivity contribution in [3.8, 4) is 0 Å². The Morgan fingerprint density at radius 1 is 1.13 bits per heavy atom. The van der Waals surface area contributed by atoms with Crippen LogP contribution in [-0.4, -0.2) is 37.4 Å². The summed E-state index contributed by atoms with van der Waals surface area (Å²) < 4.78 is 0. The first kappa shape index (κ1) is 16.2. The SMILES string of the molecule is Cc1ccc(C[NH+]2CCN(/N=C/c3ccc(C)s3)CC2)c(C)c1. The molecule has 23 heavy (non-hydrogen) atoms. The molecule has 2 aromatic rings. The van der Waals surface area contributed by atoms with E-state index in [1.165, 1.54) is 26.4 Å². The highest BCUT2D eigenvalue weighted by Crippen LogP contribution is 2.13. The van der Waals surface area contributed by atoms with Crippen molar-refractivity contribution in [2.24, 2.45) is 5.10 Å². The van der Waals surface area contributed by atoms with Crippen molar-refractivity contribution in [1.29, 1.82) is 0 Å². The fourth-order valence-corrected chi connectivity index (χ4v) is 3.82. The molecule has 0 amide bonds. The number of piperazine rings is 1. The van der Waals surface area contributed by atoms with E-state index in [4.69, 9.17) is 0 Å². The van der Waals surface area contributed by atoms with E-state index in [1.54, 1.807) is 16.2 Å². The Bertz CT molecular complexity index is 682. The number of hydrogen-bond donors (Lipinski definition) is 1. The minimum atomic E-state index is 1.04. The zero-order valence-electron chi connectivity index (χ0n) is 14.3. The van der Waals surface area contributed by atoms with Crippen LogP contribution in [0.1, 0.15) is 26.4 Å². The summed E-state index contributed by atoms with van der Waals surface area (Å²) in [5.41, 5.74) is 4.26. The number of hydrazone groups is 1. The normalized spacial score (nSPS) is 16.4. The molecule has 0 unspecified atom stereocenters. The van der Waals surface area contributed by atoms with Gasteiger partial charge in [-0.25, -0.2) is 0 Å². The van der Waals surface area contributed by atoms with Gasteiger partial charge in [-0.05, 0) is 38.5 Å². The van der Waals surface area contributed by atoms with E-state index in [2.05, 4.69) is 61.2 Å². The molecule has 1 N–H and O–H groups in total. The second-order valence-corrected chi connectivity index (χ2v) is 7.82. The fraction of sp³-hybridized carbons (Fsp3) is 0.421. The smallest absolute Gasteiger partial charge is 0.103 e. The molecule has 3 nitrogen and oxygen atoms in total. The summed E-state index contributed by atoms with van der Waals surface area (Å²) in [6, 6.07) is 11.1. The first-order chi connectivity index (χ1) is 11.1. The van der Waals surface area contributed by atoms with Crippen molar-refractivity contribution in [2.75, 3.05) is 26.2 Å². The molecule has 122 valence electrons. The first-order valence-corrected chi connectivity index (χ1v) is 9.17. The van der Waals surface area contributed by atoms with Gasteiger partial charge >= 0.3 is 0 Å². The number of thiophene rings is 1. The van der Waals surface area contributed by atoms with Crippen molar-refractivity contribution >= 4 is 17.6 Å². The zero-order valence-corrected chi connectivity index (χ0v) is 15.1. The van der Waals surface area contributed by atoms with E-state index in [-0.39, 0.29) is 0 Å². The highest BCUT2D eigenvalue weighted by Gasteiger charge is 2.19. The number of rotatable bonds is 4. The molecule has 1 aromatic heterocycles. The van der Waals surface area contributed by atoms with Crippen molar-refractivity contribution in [1.82, 2.24) is 5.01 Å². The lowest BCUT2D eigenvalue weighted by Gasteiger charge is -2.30. The number of nitrogens with zero attached hydrogens (tertiary/aromatic N) is 2. The fourth-order valence-electron chi connectivity index (χ4n) is 3.08. The summed E-state index contributed by atoms with van der Waals surface area (Å²) in [6.45, 7) is 12.1. The minimum Gasteiger partial charge on any atom is -0.328 e. The van der Waals surface area contributed by atoms with Crippen molar-refractivity contribution in [3.05, 3.63) is 56.8 Å². The van der Waals surface area contributed by atoms with E-state index in [9.17, 15) is 0 Å². The molecule has 0 radical (unpaired) electrons. The highest BCUT2D eigenvalue weighted by molar-refractivity contribution is 7.13. The second kappa shape index (κ2) is 7.28. The third-order valence-corrected chi connectivity index (χ3v) is 5.43. The molecule has 0 saturated carbocycles. The Morgan fingerprint density at radius 3 is 2.57 bits per heavy atom. The van der Waals surface area contributed by atoms with E-state index < -0.39 is 0 Å². The Balaban J connectivity index is 1.51. The van der Waals surface area contributed by atoms with Gasteiger partial charge in [0.2, 0.25) is 0 Å². The van der Waals surface area contributed by atoms with Gasteiger partial charge in [0.15, 0.2) is 0 Å². The van der Waals surface area contributed by atoms with Gasteiger partial charge in [-0.2, -0.15) is 5.10 Å². The third-order valence-electron chi connectivity index (χ3n) is 4.49. The van der Waals surface area contributed by atoms with Crippen LogP contribution < -0.4 is 4.90 Å². The molecule has 0 aliphatic carbocycles. The van der Waals surface area contributed by atoms with Crippen molar-refractivity contribution < 1.29 is 4.90 Å². The van der Waals surface area contributed by atoms with Gasteiger partial charge in [-0.15, -0.1) is 11.3 Å². The molecule has 0 bridgehead atoms. The summed E-state index contributed by atoms with van der Waals surface area (Å²) in [5, 5.41) is 6.85. The van der Waals surface area contributed by atoms with Crippen LogP contribution in [0.15, 0.2) is 35.4 Å². The van der Waals surface area contributed by atoms with Gasteiger partial charge in [-0.1, -0.05) is 23.8 Å². The molecule has 1 saturated heterocycles. The topological polar surface area (TPSA) is 20.0 Å². The monoisotopic (exact) mass is 328 g/mol. The summed E-state index contributed by atoms with van der Waals surface area (Å²) in [7, 11) is 0. The summed E-state index contributed by atoms with van der Waals surface area (Å²) in [6.07, 6.45) is 2.01. The lowest BCUT2D eigenvalue weighted by atomic mass is 10.1. The molecule has 4 heteroatoms. The van der Waals surface area contributed by atoms with Crippen LogP contribution in [0.4, 0.5) is 0 Å². The highest BCUT2D eigenvalue weighted by atomic mass is 32.1. The maximum Gasteiger partial charge on any atom is 0.103 e. The van der Waals surface area contributed by atoms with Gasteiger partial charge in [0, 0.05) is 15.3 Å². The van der Waals surface area contributed by atoms with Crippen LogP contribution in [0.3, 0.4) is 0 Å². The van der Waals surface area contributed by atoms with E-state index >= 15 is 0 Å². The molecule has 3 rings (SSSR count). The van der Waals surface area contributed by atoms with Crippen LogP contribution in [0, 0.1) is 20.8 Å². The third kappa shape index (κ3) is 4.43. The van der Waals surface area contributed by atoms with Gasteiger partial charge in [0.1, 0.15) is 6.54 Å². The van der Waals surface area contributed by atoms with Gasteiger partial charge in [-0.3, -0.25) is 5.01 Å². The van der Waals surface area contributed by atoms with Gasteiger partial charge in [0.05, 0.1) is 32.4 Å². The molecule has 2 heterocycles. The van der Waals surface area contributed by atoms with Crippen LogP contribution in [0.5, 0.6) is 0 Å². The predicted octanol–water partition coefficient (Wildman–Crippen LogP) is 2.41. The Hall–Kier alpha value is -1.65. The Labute approximate surface area is 143 Å². The average molecular weight is 329 g/mol. The second-order valence-electron chi connectivity index (χ2n) is 6.50. The van der Waals surface area contributed by atoms with Gasteiger partial charge < -0.3 is 4.90 Å². The first-order valence-electron chi connectivity index (χ1n) is 8.35. The molecular formula is C19H26N3S+. The Morgan fingerprint density at radius 2 is 1.91 bits per heavy atom. The van der Waals surface area contributed by atoms with Crippen molar-refractivity contribution in [2.45, 2.75) is 27.3 Å². The standard InChI is InChI=1S/C19H25N3S/c1-15-4-6-18(16(2)12-15)14-21-8-10-22(11-9-21)20-13-19-7-5-17(3)23-19/h4-7,12-13H,8-11,14H2,1-3H3/p+1/b20-13+. The van der Waals surface area contributed by atoms with E-state index in [1.807, 2.05) is 6.21 Å². The number of benzene rings is 1. The van der Waals surface area contributed by atoms with Crippen LogP contribution in [-0.2, 0) is 6.54 Å². The van der Waals surface area contributed by atoms with E-state index in [0.29, 0.717) is 0 Å². The number of quaternary nitrogens is 1. The van der Waals surface area contributed by atoms with Crippen molar-refractivity contribution in [3.63, 3.8) is 0 Å². The molecule has 1 aromatic carbocycles. The molecule has 0 atom stereocenters. The minimum absolute atomic E-state index is 1.04. The lowest BCUT2D eigenvalue weighted by Crippen LogP contribution is -3.13. The maximum atomic E-state index is 4.64. The number of hydrogen-bond acceptors (Lipinski definition) is 3. The molecule has 1 fully saturated rings. The van der Waals surface area contributed by atoms with E-state index in [0.717, 1.165) is 32.7 Å². The summed E-state index contributed by atoms with van der Waals surface area (Å²) in [4.78, 5) is 4.25. The van der Waals surface area contributed by atoms with Gasteiger partial charge in [0.25, 0.3) is 0 Å². The quantitative estimate of drug-likeness (QED) is 0.855. The molecule has 1 aliphatic heterocycles. The molecular weight excluding hydrogens is 302 g/mol. The van der Waals surface area contributed by atoms with Crippen LogP contribution in [0.25, 0.3) is 0 Å². The zero-order chi connectivity index (χ0) is 16.2. The van der Waals surface area contributed by atoms with Crippen LogP contribution in [0.2, 0.25) is 0 Å². The Kier molecular flexibility index (Phi) is 5.13. The average Bonchev–Trinajstić information content (AvgIpc) is 2.95. The number of nitrogens with one attached hydrogen (secondary N) is 1.